The van der Waals surface area contributed by atoms with Crippen LogP contribution in [-0.4, -0.2) is 37.6 Å². The van der Waals surface area contributed by atoms with E-state index in [-0.39, 0.29) is 11.7 Å². The van der Waals surface area contributed by atoms with Crippen LogP contribution in [0.1, 0.15) is 28.1 Å². The lowest BCUT2D eigenvalue weighted by molar-refractivity contribution is 0.0934. The predicted molar refractivity (Wildman–Crippen MR) is 97.6 cm³/mol. The third-order valence-corrected chi connectivity index (χ3v) is 5.41. The molecule has 0 radical (unpaired) electrons. The van der Waals surface area contributed by atoms with Gasteiger partial charge in [-0.1, -0.05) is 6.07 Å². The zero-order valence-corrected chi connectivity index (χ0v) is 15.2. The van der Waals surface area contributed by atoms with Crippen LogP contribution in [0.5, 0.6) is 5.75 Å². The van der Waals surface area contributed by atoms with E-state index in [0.29, 0.717) is 30.3 Å². The van der Waals surface area contributed by atoms with E-state index < -0.39 is 0 Å². The topological polar surface area (TPSA) is 41.6 Å². The summed E-state index contributed by atoms with van der Waals surface area (Å²) in [5.41, 5.74) is 0.655. The first-order valence-corrected chi connectivity index (χ1v) is 9.40. The van der Waals surface area contributed by atoms with Crippen LogP contribution in [0.15, 0.2) is 35.7 Å². The van der Waals surface area contributed by atoms with Crippen LogP contribution in [0.3, 0.4) is 0 Å². The van der Waals surface area contributed by atoms with E-state index in [1.54, 1.807) is 19.2 Å². The summed E-state index contributed by atoms with van der Waals surface area (Å²) in [6.45, 7) is 3.04. The maximum Gasteiger partial charge on any atom is 0.261 e. The highest BCUT2D eigenvalue weighted by atomic mass is 32.1. The first kappa shape index (κ1) is 17.9. The van der Waals surface area contributed by atoms with E-state index in [1.165, 1.54) is 17.4 Å². The van der Waals surface area contributed by atoms with Crippen LogP contribution in [-0.2, 0) is 6.54 Å². The summed E-state index contributed by atoms with van der Waals surface area (Å²) in [6.07, 6.45) is 2.15. The van der Waals surface area contributed by atoms with Crippen molar-refractivity contribution >= 4 is 17.2 Å². The molecule has 0 saturated carbocycles. The van der Waals surface area contributed by atoms with Crippen molar-refractivity contribution in [1.29, 1.82) is 0 Å². The molecule has 2 heterocycles. The summed E-state index contributed by atoms with van der Waals surface area (Å²) in [4.78, 5) is 15.1. The van der Waals surface area contributed by atoms with Gasteiger partial charge in [0.1, 0.15) is 11.6 Å². The van der Waals surface area contributed by atoms with Crippen molar-refractivity contribution in [1.82, 2.24) is 10.2 Å². The summed E-state index contributed by atoms with van der Waals surface area (Å²) >= 11 is 1.45. The van der Waals surface area contributed by atoms with Crippen molar-refractivity contribution in [3.63, 3.8) is 0 Å². The quantitative estimate of drug-likeness (QED) is 0.855. The second-order valence-corrected chi connectivity index (χ2v) is 7.34. The van der Waals surface area contributed by atoms with Crippen molar-refractivity contribution < 1.29 is 13.9 Å². The number of piperidine rings is 1. The zero-order chi connectivity index (χ0) is 17.6. The molecule has 6 heteroatoms. The third-order valence-electron chi connectivity index (χ3n) is 4.55. The average molecular weight is 362 g/mol. The molecule has 1 atom stereocenters. The van der Waals surface area contributed by atoms with Gasteiger partial charge < -0.3 is 10.1 Å². The van der Waals surface area contributed by atoms with Gasteiger partial charge in [-0.15, -0.1) is 11.3 Å². The molecule has 0 unspecified atom stereocenters. The van der Waals surface area contributed by atoms with Crippen LogP contribution in [0.4, 0.5) is 4.39 Å². The Kier molecular flexibility index (Phi) is 6.04. The molecule has 1 amide bonds. The highest BCUT2D eigenvalue weighted by Crippen LogP contribution is 2.22. The van der Waals surface area contributed by atoms with Gasteiger partial charge in [0.2, 0.25) is 0 Å². The first-order valence-electron chi connectivity index (χ1n) is 8.52. The highest BCUT2D eigenvalue weighted by molar-refractivity contribution is 7.12. The van der Waals surface area contributed by atoms with Crippen LogP contribution in [0.2, 0.25) is 0 Å². The van der Waals surface area contributed by atoms with Gasteiger partial charge in [-0.2, -0.15) is 0 Å². The maximum absolute atomic E-state index is 14.0. The molecule has 3 rings (SSSR count). The van der Waals surface area contributed by atoms with E-state index >= 15 is 0 Å². The lowest BCUT2D eigenvalue weighted by Crippen LogP contribution is -2.40. The number of methoxy groups -OCH3 is 1. The van der Waals surface area contributed by atoms with E-state index in [0.717, 1.165) is 30.8 Å². The van der Waals surface area contributed by atoms with E-state index in [9.17, 15) is 9.18 Å². The number of carbonyl (C=O) groups excluding carboxylic acids is 1. The largest absolute Gasteiger partial charge is 0.497 e. The number of amides is 1. The molecule has 0 aliphatic carbocycles. The van der Waals surface area contributed by atoms with Gasteiger partial charge in [-0.3, -0.25) is 9.69 Å². The normalized spacial score (nSPS) is 18.1. The smallest absolute Gasteiger partial charge is 0.261 e. The van der Waals surface area contributed by atoms with Crippen molar-refractivity contribution in [2.45, 2.75) is 19.4 Å². The fourth-order valence-corrected chi connectivity index (χ4v) is 3.87. The number of hydrogen-bond acceptors (Lipinski definition) is 4. The Bertz CT molecular complexity index is 705. The summed E-state index contributed by atoms with van der Waals surface area (Å²) < 4.78 is 19.2. The number of benzene rings is 1. The molecule has 1 aliphatic rings. The fraction of sp³-hybridized carbons (Fsp3) is 0.421. The van der Waals surface area contributed by atoms with Crippen molar-refractivity contribution in [2.24, 2.45) is 5.92 Å². The van der Waals surface area contributed by atoms with E-state index in [1.807, 2.05) is 17.5 Å². The second-order valence-electron chi connectivity index (χ2n) is 6.39. The summed E-state index contributed by atoms with van der Waals surface area (Å²) in [5, 5.41) is 4.92. The Morgan fingerprint density at radius 3 is 3.08 bits per heavy atom. The minimum atomic E-state index is -0.200. The highest BCUT2D eigenvalue weighted by Gasteiger charge is 2.22. The first-order chi connectivity index (χ1) is 12.2. The molecule has 134 valence electrons. The SMILES string of the molecule is COc1ccc(F)c(CN2CCC[C@H](CNC(=O)c3cccs3)C2)c1. The Morgan fingerprint density at radius 2 is 2.32 bits per heavy atom. The van der Waals surface area contributed by atoms with Gasteiger partial charge in [0.25, 0.3) is 5.91 Å². The third kappa shape index (κ3) is 4.80. The van der Waals surface area contributed by atoms with Gasteiger partial charge in [0.15, 0.2) is 0 Å². The molecule has 1 fully saturated rings. The number of hydrogen-bond donors (Lipinski definition) is 1. The van der Waals surface area contributed by atoms with Crippen LogP contribution in [0, 0.1) is 11.7 Å². The maximum atomic E-state index is 14.0. The minimum absolute atomic E-state index is 0.00837. The van der Waals surface area contributed by atoms with Gasteiger partial charge in [-0.05, 0) is 54.9 Å². The van der Waals surface area contributed by atoms with Crippen molar-refractivity contribution in [2.75, 3.05) is 26.7 Å². The number of thiophene rings is 1. The van der Waals surface area contributed by atoms with Gasteiger partial charge in [-0.25, -0.2) is 4.39 Å². The summed E-state index contributed by atoms with van der Waals surface area (Å²) in [7, 11) is 1.59. The molecular weight excluding hydrogens is 339 g/mol. The van der Waals surface area contributed by atoms with Gasteiger partial charge >= 0.3 is 0 Å². The Labute approximate surface area is 151 Å². The van der Waals surface area contributed by atoms with Crippen LogP contribution >= 0.6 is 11.3 Å². The molecule has 2 aromatic rings. The van der Waals surface area contributed by atoms with Crippen LogP contribution in [0.25, 0.3) is 0 Å². The number of ether oxygens (including phenoxy) is 1. The second kappa shape index (κ2) is 8.45. The standard InChI is InChI=1S/C19H23FN2O2S/c1-24-16-6-7-17(20)15(10-16)13-22-8-2-4-14(12-22)11-21-19(23)18-5-3-9-25-18/h3,5-7,9-10,14H,2,4,8,11-13H2,1H3,(H,21,23)/t14-/m1/s1. The van der Waals surface area contributed by atoms with Gasteiger partial charge in [0, 0.05) is 25.2 Å². The number of halogens is 1. The number of rotatable bonds is 6. The van der Waals surface area contributed by atoms with Crippen molar-refractivity contribution in [3.05, 3.63) is 52.0 Å². The molecule has 1 aromatic carbocycles. The van der Waals surface area contributed by atoms with Crippen LogP contribution < -0.4 is 10.1 Å². The Hall–Kier alpha value is -1.92. The lowest BCUT2D eigenvalue weighted by Gasteiger charge is -2.33. The Balaban J connectivity index is 1.53. The fourth-order valence-electron chi connectivity index (χ4n) is 3.23. The molecule has 1 N–H and O–H groups in total. The Morgan fingerprint density at radius 1 is 1.44 bits per heavy atom. The molecular formula is C19H23FN2O2S. The lowest BCUT2D eigenvalue weighted by atomic mass is 9.97. The van der Waals surface area contributed by atoms with E-state index in [2.05, 4.69) is 10.2 Å². The molecule has 25 heavy (non-hydrogen) atoms. The number of nitrogens with zero attached hydrogens (tertiary/aromatic N) is 1. The van der Waals surface area contributed by atoms with E-state index in [4.69, 9.17) is 4.74 Å². The molecule has 1 aromatic heterocycles. The molecule has 0 spiro atoms. The monoisotopic (exact) mass is 362 g/mol. The molecule has 0 bridgehead atoms. The summed E-state index contributed by atoms with van der Waals surface area (Å²) in [5.74, 6) is 0.861. The molecule has 4 nitrogen and oxygen atoms in total. The predicted octanol–water partition coefficient (Wildman–Crippen LogP) is 3.54. The summed E-state index contributed by atoms with van der Waals surface area (Å²) in [6, 6.07) is 8.57. The number of nitrogens with one attached hydrogen (secondary N) is 1. The zero-order valence-electron chi connectivity index (χ0n) is 14.3. The van der Waals surface area contributed by atoms with Gasteiger partial charge in [0.05, 0.1) is 12.0 Å². The number of likely N-dealkylation sites (tertiary alicyclic amines) is 1. The van der Waals surface area contributed by atoms with Crippen molar-refractivity contribution in [3.8, 4) is 5.75 Å². The minimum Gasteiger partial charge on any atom is -0.497 e. The number of carbonyl (C=O) groups is 1. The molecule has 1 aliphatic heterocycles. The molecule has 1 saturated heterocycles. The average Bonchev–Trinajstić information content (AvgIpc) is 3.17.